The molecule has 192 valence electrons. The van der Waals surface area contributed by atoms with E-state index in [0.29, 0.717) is 16.4 Å². The number of hydrogen-bond acceptors (Lipinski definition) is 3. The molecule has 4 aromatic carbocycles. The molecule has 4 rings (SSSR count). The number of rotatable bonds is 8. The van der Waals surface area contributed by atoms with Crippen LogP contribution in [0.3, 0.4) is 0 Å². The first-order chi connectivity index (χ1) is 18.4. The average Bonchev–Trinajstić information content (AvgIpc) is 2.93. The molecule has 0 aromatic heterocycles. The van der Waals surface area contributed by atoms with Crippen molar-refractivity contribution in [1.82, 2.24) is 10.6 Å². The Kier molecular flexibility index (Phi) is 8.58. The van der Waals surface area contributed by atoms with Gasteiger partial charge >= 0.3 is 18.0 Å². The van der Waals surface area contributed by atoms with Gasteiger partial charge in [-0.1, -0.05) is 78.3 Å². The summed E-state index contributed by atoms with van der Waals surface area (Å²) in [6, 6.07) is 28.8. The molecule has 2 atom stereocenters. The van der Waals surface area contributed by atoms with Gasteiger partial charge in [0.25, 0.3) is 0 Å². The summed E-state index contributed by atoms with van der Waals surface area (Å²) in [5, 5.41) is 21.2. The van der Waals surface area contributed by atoms with Crippen molar-refractivity contribution in [3.8, 4) is 0 Å². The van der Waals surface area contributed by atoms with Crippen molar-refractivity contribution in [2.24, 2.45) is 0 Å². The minimum Gasteiger partial charge on any atom is -0.478 e. The summed E-state index contributed by atoms with van der Waals surface area (Å²) in [6.45, 7) is 0. The summed E-state index contributed by atoms with van der Waals surface area (Å²) in [5.74, 6) is -1.10. The topological polar surface area (TPSA) is 120 Å². The third kappa shape index (κ3) is 7.11. The first-order valence-electron chi connectivity index (χ1n) is 11.7. The predicted octanol–water partition coefficient (Wildman–Crippen LogP) is 6.46. The highest BCUT2D eigenvalue weighted by molar-refractivity contribution is 6.30. The Bertz CT molecular complexity index is 1400. The molecule has 0 aliphatic rings. The standard InChI is InChI=1S/C29H25ClN4O4/c30-22-14-16-23(17-15-22)31-28(37)33-25(19-8-3-1-4-9-19)26(20-10-5-2-6-11-20)34-29(38)32-24-13-7-12-21(18-24)27(35)36/h1-18,25-26H,(H,35,36)(H2,31,33,37)(H2,32,34,38)/t25-,26+/m0/s1. The summed E-state index contributed by atoms with van der Waals surface area (Å²) < 4.78 is 0. The number of urea groups is 2. The molecular weight excluding hydrogens is 504 g/mol. The molecule has 8 nitrogen and oxygen atoms in total. The molecule has 0 aliphatic carbocycles. The van der Waals surface area contributed by atoms with Crippen LogP contribution in [0.1, 0.15) is 33.6 Å². The number of hydrogen-bond donors (Lipinski definition) is 5. The van der Waals surface area contributed by atoms with Gasteiger partial charge in [-0.3, -0.25) is 0 Å². The fraction of sp³-hybridized carbons (Fsp3) is 0.0690. The highest BCUT2D eigenvalue weighted by Crippen LogP contribution is 2.29. The van der Waals surface area contributed by atoms with Gasteiger partial charge in [-0.15, -0.1) is 0 Å². The van der Waals surface area contributed by atoms with E-state index in [4.69, 9.17) is 11.6 Å². The number of halogens is 1. The molecule has 5 N–H and O–H groups in total. The van der Waals surface area contributed by atoms with E-state index in [2.05, 4.69) is 21.3 Å². The van der Waals surface area contributed by atoms with Gasteiger partial charge in [-0.25, -0.2) is 14.4 Å². The minimum absolute atomic E-state index is 0.0464. The number of anilines is 2. The van der Waals surface area contributed by atoms with Crippen LogP contribution in [0.2, 0.25) is 5.02 Å². The lowest BCUT2D eigenvalue weighted by Gasteiger charge is -2.30. The van der Waals surface area contributed by atoms with Crippen molar-refractivity contribution >= 4 is 41.0 Å². The Hall–Kier alpha value is -4.82. The molecule has 0 fully saturated rings. The lowest BCUT2D eigenvalue weighted by molar-refractivity contribution is 0.0697. The maximum absolute atomic E-state index is 13.1. The van der Waals surface area contributed by atoms with E-state index >= 15 is 0 Å². The molecule has 4 amide bonds. The van der Waals surface area contributed by atoms with Crippen LogP contribution in [0.25, 0.3) is 0 Å². The molecule has 0 spiro atoms. The molecule has 0 radical (unpaired) electrons. The molecule has 0 saturated heterocycles. The fourth-order valence-electron chi connectivity index (χ4n) is 3.92. The van der Waals surface area contributed by atoms with Crippen LogP contribution in [0.5, 0.6) is 0 Å². The third-order valence-corrected chi connectivity index (χ3v) is 5.95. The van der Waals surface area contributed by atoms with E-state index < -0.39 is 30.1 Å². The van der Waals surface area contributed by atoms with Gasteiger partial charge in [0.2, 0.25) is 0 Å². The van der Waals surface area contributed by atoms with Crippen LogP contribution in [-0.4, -0.2) is 23.1 Å². The molecule has 0 unspecified atom stereocenters. The highest BCUT2D eigenvalue weighted by Gasteiger charge is 2.28. The van der Waals surface area contributed by atoms with Gasteiger partial charge in [0.1, 0.15) is 0 Å². The summed E-state index contributed by atoms with van der Waals surface area (Å²) >= 11 is 5.95. The van der Waals surface area contributed by atoms with Crippen LogP contribution >= 0.6 is 11.6 Å². The van der Waals surface area contributed by atoms with E-state index in [-0.39, 0.29) is 5.56 Å². The van der Waals surface area contributed by atoms with Crippen LogP contribution in [0.15, 0.2) is 109 Å². The van der Waals surface area contributed by atoms with Gasteiger partial charge in [-0.05, 0) is 53.6 Å². The summed E-state index contributed by atoms with van der Waals surface area (Å²) in [5.41, 5.74) is 2.44. The molecule has 0 saturated carbocycles. The molecule has 0 heterocycles. The number of carboxylic acids is 1. The second-order valence-electron chi connectivity index (χ2n) is 8.37. The lowest BCUT2D eigenvalue weighted by atomic mass is 9.93. The zero-order valence-corrected chi connectivity index (χ0v) is 20.9. The van der Waals surface area contributed by atoms with E-state index in [0.717, 1.165) is 11.1 Å². The molecule has 9 heteroatoms. The number of carboxylic acid groups (broad SMARTS) is 1. The number of carbonyl (C=O) groups excluding carboxylic acids is 2. The van der Waals surface area contributed by atoms with E-state index in [1.54, 1.807) is 36.4 Å². The number of nitrogens with one attached hydrogen (secondary N) is 4. The fourth-order valence-corrected chi connectivity index (χ4v) is 4.05. The largest absolute Gasteiger partial charge is 0.478 e. The Labute approximate surface area is 224 Å². The monoisotopic (exact) mass is 528 g/mol. The quantitative estimate of drug-likeness (QED) is 0.180. The van der Waals surface area contributed by atoms with Crippen molar-refractivity contribution in [1.29, 1.82) is 0 Å². The summed E-state index contributed by atoms with van der Waals surface area (Å²) in [7, 11) is 0. The Morgan fingerprint density at radius 1 is 0.605 bits per heavy atom. The number of benzene rings is 4. The molecular formula is C29H25ClN4O4. The zero-order valence-electron chi connectivity index (χ0n) is 20.1. The van der Waals surface area contributed by atoms with Gasteiger partial charge in [0.05, 0.1) is 17.6 Å². The molecule has 38 heavy (non-hydrogen) atoms. The van der Waals surface area contributed by atoms with Crippen LogP contribution in [-0.2, 0) is 0 Å². The second kappa shape index (κ2) is 12.4. The minimum atomic E-state index is -1.10. The van der Waals surface area contributed by atoms with Crippen LogP contribution in [0, 0.1) is 0 Å². The normalized spacial score (nSPS) is 12.0. The number of aromatic carboxylic acids is 1. The van der Waals surface area contributed by atoms with E-state index in [1.807, 2.05) is 60.7 Å². The Balaban J connectivity index is 1.61. The van der Waals surface area contributed by atoms with Crippen LogP contribution < -0.4 is 21.3 Å². The average molecular weight is 529 g/mol. The van der Waals surface area contributed by atoms with Crippen molar-refractivity contribution in [2.75, 3.05) is 10.6 Å². The maximum Gasteiger partial charge on any atom is 0.335 e. The van der Waals surface area contributed by atoms with Crippen LogP contribution in [0.4, 0.5) is 21.0 Å². The molecule has 0 aliphatic heterocycles. The highest BCUT2D eigenvalue weighted by atomic mass is 35.5. The first-order valence-corrected chi connectivity index (χ1v) is 12.1. The zero-order chi connectivity index (χ0) is 26.9. The van der Waals surface area contributed by atoms with Crippen molar-refractivity contribution in [3.63, 3.8) is 0 Å². The second-order valence-corrected chi connectivity index (χ2v) is 8.80. The molecule has 4 aromatic rings. The molecule has 0 bridgehead atoms. The van der Waals surface area contributed by atoms with E-state index in [1.165, 1.54) is 12.1 Å². The van der Waals surface area contributed by atoms with Crippen molar-refractivity contribution < 1.29 is 19.5 Å². The SMILES string of the molecule is O=C(Nc1cccc(C(=O)O)c1)N[C@H](c1ccccc1)[C@@H](NC(=O)Nc1ccc(Cl)cc1)c1ccccc1. The van der Waals surface area contributed by atoms with Gasteiger partial charge in [0, 0.05) is 16.4 Å². The third-order valence-electron chi connectivity index (χ3n) is 5.69. The van der Waals surface area contributed by atoms with Gasteiger partial charge < -0.3 is 26.4 Å². The predicted molar refractivity (Wildman–Crippen MR) is 148 cm³/mol. The van der Waals surface area contributed by atoms with Gasteiger partial charge in [0.15, 0.2) is 0 Å². The Morgan fingerprint density at radius 2 is 1.11 bits per heavy atom. The summed E-state index contributed by atoms with van der Waals surface area (Å²) in [4.78, 5) is 37.5. The number of carbonyl (C=O) groups is 3. The lowest BCUT2D eigenvalue weighted by Crippen LogP contribution is -2.43. The maximum atomic E-state index is 13.1. The summed E-state index contributed by atoms with van der Waals surface area (Å²) in [6.07, 6.45) is 0. The van der Waals surface area contributed by atoms with Crippen molar-refractivity contribution in [3.05, 3.63) is 131 Å². The smallest absolute Gasteiger partial charge is 0.335 e. The van der Waals surface area contributed by atoms with E-state index in [9.17, 15) is 19.5 Å². The van der Waals surface area contributed by atoms with Gasteiger partial charge in [-0.2, -0.15) is 0 Å². The number of amides is 4. The first kappa shape index (κ1) is 26.2. The van der Waals surface area contributed by atoms with Crippen molar-refractivity contribution in [2.45, 2.75) is 12.1 Å². The Morgan fingerprint density at radius 3 is 1.61 bits per heavy atom.